The third kappa shape index (κ3) is 5.57. The Hall–Kier alpha value is -0.650. The average molecular weight is 300 g/mol. The minimum atomic E-state index is -0.0943. The molecule has 0 spiro atoms. The summed E-state index contributed by atoms with van der Waals surface area (Å²) in [7, 11) is 0. The lowest BCUT2D eigenvalue weighted by molar-refractivity contribution is -0.165. The Bertz CT molecular complexity index is 334. The highest BCUT2D eigenvalue weighted by molar-refractivity contribution is 5.69. The van der Waals surface area contributed by atoms with Crippen molar-refractivity contribution in [3.05, 3.63) is 0 Å². The zero-order chi connectivity index (χ0) is 15.2. The molecule has 0 bridgehead atoms. The van der Waals surface area contributed by atoms with Gasteiger partial charge in [-0.25, -0.2) is 0 Å². The molecule has 0 unspecified atom stereocenters. The Morgan fingerprint density at radius 1 is 0.952 bits per heavy atom. The Morgan fingerprint density at radius 2 is 1.57 bits per heavy atom. The number of hydrogen-bond acceptors (Lipinski definition) is 5. The van der Waals surface area contributed by atoms with Gasteiger partial charge in [0.2, 0.25) is 0 Å². The van der Waals surface area contributed by atoms with Crippen LogP contribution in [0.15, 0.2) is 0 Å². The van der Waals surface area contributed by atoms with Crippen molar-refractivity contribution in [1.82, 2.24) is 0 Å². The Morgan fingerprint density at radius 3 is 2.14 bits per heavy atom. The molecule has 0 aromatic carbocycles. The fourth-order valence-corrected chi connectivity index (χ4v) is 2.36. The van der Waals surface area contributed by atoms with Crippen molar-refractivity contribution in [1.29, 1.82) is 0 Å². The molecule has 2 heterocycles. The van der Waals surface area contributed by atoms with Crippen molar-refractivity contribution in [3.63, 3.8) is 0 Å². The molecule has 5 nitrogen and oxygen atoms in total. The summed E-state index contributed by atoms with van der Waals surface area (Å²) < 4.78 is 21.2. The molecule has 2 saturated heterocycles. The molecule has 2 fully saturated rings. The van der Waals surface area contributed by atoms with Crippen molar-refractivity contribution in [3.8, 4) is 0 Å². The quantitative estimate of drug-likeness (QED) is 0.457. The van der Waals surface area contributed by atoms with Crippen molar-refractivity contribution in [2.75, 3.05) is 46.2 Å². The van der Waals surface area contributed by atoms with Crippen LogP contribution >= 0.6 is 0 Å². The first-order valence-corrected chi connectivity index (χ1v) is 7.90. The Balaban J connectivity index is 1.38. The summed E-state index contributed by atoms with van der Waals surface area (Å²) in [5.74, 6) is -0.0943. The van der Waals surface area contributed by atoms with Crippen LogP contribution in [0, 0.1) is 10.8 Å². The van der Waals surface area contributed by atoms with Gasteiger partial charge in [0.15, 0.2) is 0 Å². The summed E-state index contributed by atoms with van der Waals surface area (Å²) in [5.41, 5.74) is 0.274. The van der Waals surface area contributed by atoms with E-state index in [0.29, 0.717) is 26.2 Å². The lowest BCUT2D eigenvalue weighted by Crippen LogP contribution is -2.44. The van der Waals surface area contributed by atoms with Crippen molar-refractivity contribution >= 4 is 5.97 Å². The molecule has 2 aliphatic rings. The highest BCUT2D eigenvalue weighted by Gasteiger charge is 2.35. The highest BCUT2D eigenvalue weighted by Crippen LogP contribution is 2.27. The summed E-state index contributed by atoms with van der Waals surface area (Å²) >= 11 is 0. The number of carbonyl (C=O) groups excluding carboxylic acids is 1. The number of carbonyl (C=O) groups is 1. The fraction of sp³-hybridized carbons (Fsp3) is 0.938. The lowest BCUT2D eigenvalue weighted by Gasteiger charge is -2.37. The van der Waals surface area contributed by atoms with Crippen LogP contribution in [0.1, 0.15) is 39.5 Å². The standard InChI is InChI=1S/C16H28O5/c1-15(9-19-10-15)8-18-7-5-3-4-6-14(17)21-13-16(2)11-20-12-16/h3-13H2,1-2H3. The minimum absolute atomic E-state index is 0.0465. The van der Waals surface area contributed by atoms with E-state index in [2.05, 4.69) is 13.8 Å². The van der Waals surface area contributed by atoms with E-state index in [1.54, 1.807) is 0 Å². The van der Waals surface area contributed by atoms with Crippen LogP contribution in [-0.2, 0) is 23.7 Å². The first-order valence-electron chi connectivity index (χ1n) is 7.90. The number of unbranched alkanes of at least 4 members (excludes halogenated alkanes) is 2. The molecule has 0 radical (unpaired) electrons. The van der Waals surface area contributed by atoms with E-state index in [-0.39, 0.29) is 16.8 Å². The van der Waals surface area contributed by atoms with Gasteiger partial charge >= 0.3 is 5.97 Å². The molecule has 0 atom stereocenters. The molecule has 122 valence electrons. The zero-order valence-electron chi connectivity index (χ0n) is 13.3. The van der Waals surface area contributed by atoms with Gasteiger partial charge in [0.05, 0.1) is 33.0 Å². The summed E-state index contributed by atoms with van der Waals surface area (Å²) in [6.45, 7) is 9.29. The molecule has 2 rings (SSSR count). The second-order valence-electron chi connectivity index (χ2n) is 7.13. The zero-order valence-corrected chi connectivity index (χ0v) is 13.3. The van der Waals surface area contributed by atoms with Gasteiger partial charge in [0.1, 0.15) is 6.61 Å². The predicted molar refractivity (Wildman–Crippen MR) is 78.1 cm³/mol. The van der Waals surface area contributed by atoms with Crippen LogP contribution in [0.5, 0.6) is 0 Å². The monoisotopic (exact) mass is 300 g/mol. The van der Waals surface area contributed by atoms with Crippen molar-refractivity contribution in [2.45, 2.75) is 39.5 Å². The van der Waals surface area contributed by atoms with E-state index in [1.165, 1.54) is 0 Å². The van der Waals surface area contributed by atoms with Gasteiger partial charge < -0.3 is 18.9 Å². The normalized spacial score (nSPS) is 22.2. The Labute approximate surface area is 127 Å². The first kappa shape index (κ1) is 16.7. The second-order valence-corrected chi connectivity index (χ2v) is 7.13. The van der Waals surface area contributed by atoms with Gasteiger partial charge in [-0.05, 0) is 12.8 Å². The van der Waals surface area contributed by atoms with E-state index < -0.39 is 0 Å². The van der Waals surface area contributed by atoms with Crippen molar-refractivity contribution in [2.24, 2.45) is 10.8 Å². The molecular weight excluding hydrogens is 272 g/mol. The third-order valence-corrected chi connectivity index (χ3v) is 4.00. The first-order chi connectivity index (χ1) is 10.0. The van der Waals surface area contributed by atoms with Gasteiger partial charge in [0.25, 0.3) is 0 Å². The SMILES string of the molecule is CC1(COCCCCCC(=O)OCC2(C)COC2)COC1. The van der Waals surface area contributed by atoms with Gasteiger partial charge in [-0.15, -0.1) is 0 Å². The highest BCUT2D eigenvalue weighted by atomic mass is 16.5. The van der Waals surface area contributed by atoms with Crippen molar-refractivity contribution < 1.29 is 23.7 Å². The summed E-state index contributed by atoms with van der Waals surface area (Å²) in [4.78, 5) is 11.6. The van der Waals surface area contributed by atoms with E-state index in [0.717, 1.165) is 45.7 Å². The number of hydrogen-bond donors (Lipinski definition) is 0. The maximum absolute atomic E-state index is 11.6. The second kappa shape index (κ2) is 7.56. The molecule has 0 aromatic heterocycles. The van der Waals surface area contributed by atoms with E-state index in [9.17, 15) is 4.79 Å². The van der Waals surface area contributed by atoms with Crippen LogP contribution in [0.25, 0.3) is 0 Å². The number of ether oxygens (including phenoxy) is 4. The molecule has 5 heteroatoms. The maximum atomic E-state index is 11.6. The molecule has 0 aromatic rings. The van der Waals surface area contributed by atoms with Crippen LogP contribution < -0.4 is 0 Å². The molecule has 2 aliphatic heterocycles. The molecular formula is C16H28O5. The van der Waals surface area contributed by atoms with Gasteiger partial charge in [-0.3, -0.25) is 4.79 Å². The topological polar surface area (TPSA) is 54.0 Å². The summed E-state index contributed by atoms with van der Waals surface area (Å²) in [6, 6.07) is 0. The van der Waals surface area contributed by atoms with E-state index in [4.69, 9.17) is 18.9 Å². The van der Waals surface area contributed by atoms with Crippen LogP contribution in [0.3, 0.4) is 0 Å². The van der Waals surface area contributed by atoms with Crippen LogP contribution in [0.2, 0.25) is 0 Å². The maximum Gasteiger partial charge on any atom is 0.305 e. The van der Waals surface area contributed by atoms with Crippen LogP contribution in [0.4, 0.5) is 0 Å². The van der Waals surface area contributed by atoms with Gasteiger partial charge in [-0.1, -0.05) is 20.3 Å². The minimum Gasteiger partial charge on any atom is -0.465 e. The largest absolute Gasteiger partial charge is 0.465 e. The van der Waals surface area contributed by atoms with Crippen LogP contribution in [-0.4, -0.2) is 52.2 Å². The number of esters is 1. The molecule has 0 amide bonds. The Kier molecular flexibility index (Phi) is 6.02. The average Bonchev–Trinajstić information content (AvgIpc) is 2.40. The number of rotatable bonds is 10. The summed E-state index contributed by atoms with van der Waals surface area (Å²) in [6.07, 6.45) is 3.37. The lowest BCUT2D eigenvalue weighted by atomic mass is 9.90. The van der Waals surface area contributed by atoms with E-state index >= 15 is 0 Å². The smallest absolute Gasteiger partial charge is 0.305 e. The molecule has 0 saturated carbocycles. The van der Waals surface area contributed by atoms with Gasteiger partial charge in [-0.2, -0.15) is 0 Å². The van der Waals surface area contributed by atoms with Gasteiger partial charge in [0, 0.05) is 23.9 Å². The molecule has 0 aliphatic carbocycles. The molecule has 0 N–H and O–H groups in total. The predicted octanol–water partition coefficient (Wildman–Crippen LogP) is 2.18. The fourth-order valence-electron chi connectivity index (χ4n) is 2.36. The van der Waals surface area contributed by atoms with E-state index in [1.807, 2.05) is 0 Å². The molecule has 21 heavy (non-hydrogen) atoms. The third-order valence-electron chi connectivity index (χ3n) is 4.00. The summed E-state index contributed by atoms with van der Waals surface area (Å²) in [5, 5.41) is 0.